The van der Waals surface area contributed by atoms with Crippen LogP contribution in [0.1, 0.15) is 83.6 Å². The fourth-order valence-corrected chi connectivity index (χ4v) is 8.28. The lowest BCUT2D eigenvalue weighted by atomic mass is 9.45. The van der Waals surface area contributed by atoms with Gasteiger partial charge in [-0.2, -0.15) is 0 Å². The lowest BCUT2D eigenvalue weighted by molar-refractivity contribution is -0.105. The van der Waals surface area contributed by atoms with Crippen molar-refractivity contribution in [1.82, 2.24) is 0 Å². The topological polar surface area (TPSA) is 32.6 Å². The normalized spacial score (nSPS) is 45.4. The molecular formula is C26H37NO. The predicted octanol–water partition coefficient (Wildman–Crippen LogP) is 6.61. The Morgan fingerprint density at radius 1 is 0.893 bits per heavy atom. The molecule has 4 fully saturated rings. The monoisotopic (exact) mass is 379 g/mol. The van der Waals surface area contributed by atoms with E-state index in [0.717, 1.165) is 29.2 Å². The molecule has 152 valence electrons. The smallest absolute Gasteiger partial charge is 0.124 e. The first-order valence-electron chi connectivity index (χ1n) is 11.8. The van der Waals surface area contributed by atoms with Crippen LogP contribution in [-0.2, 0) is 0 Å². The van der Waals surface area contributed by atoms with Gasteiger partial charge in [-0.15, -0.1) is 0 Å². The number of phenolic OH excluding ortho intramolecular Hbond substituents is 1. The van der Waals surface area contributed by atoms with Gasteiger partial charge in [-0.05, 0) is 98.0 Å². The molecule has 1 N–H and O–H groups in total. The van der Waals surface area contributed by atoms with Gasteiger partial charge in [-0.25, -0.2) is 0 Å². The van der Waals surface area contributed by atoms with Gasteiger partial charge in [-0.3, -0.25) is 4.99 Å². The number of hydrogen-bond acceptors (Lipinski definition) is 2. The molecule has 0 aromatic heterocycles. The molecule has 5 rings (SSSR count). The molecular weight excluding hydrogens is 342 g/mol. The van der Waals surface area contributed by atoms with Gasteiger partial charge in [0.15, 0.2) is 0 Å². The van der Waals surface area contributed by atoms with E-state index in [0.29, 0.717) is 22.6 Å². The standard InChI is InChI=1S/C26H37NO/c1-25-15-6-5-8-19(25)10-11-20-21-12-13-24(26(21,2)16-14-22(20)25)27-17-18-7-3-4-9-23(18)28/h3-4,7,9,17,19-22,24,28H,5-6,8,10-16H2,1-2H3/t19-,20+,21-,22-,24+,25-,26+/m0/s1. The number of fused-ring (bicyclic) bond motifs is 5. The van der Waals surface area contributed by atoms with E-state index in [-0.39, 0.29) is 0 Å². The molecule has 0 spiro atoms. The highest BCUT2D eigenvalue weighted by Crippen LogP contribution is 2.66. The van der Waals surface area contributed by atoms with Crippen molar-refractivity contribution in [2.75, 3.05) is 0 Å². The number of hydrogen-bond donors (Lipinski definition) is 1. The Balaban J connectivity index is 1.37. The average molecular weight is 380 g/mol. The van der Waals surface area contributed by atoms with Crippen LogP contribution in [0, 0.1) is 34.5 Å². The first-order valence-corrected chi connectivity index (χ1v) is 11.8. The molecule has 7 atom stereocenters. The molecule has 0 unspecified atom stereocenters. The van der Waals surface area contributed by atoms with Crippen molar-refractivity contribution in [3.63, 3.8) is 0 Å². The minimum absolute atomic E-state index is 0.346. The van der Waals surface area contributed by atoms with Gasteiger partial charge in [-0.1, -0.05) is 38.8 Å². The highest BCUT2D eigenvalue weighted by atomic mass is 16.3. The van der Waals surface area contributed by atoms with Crippen LogP contribution in [-0.4, -0.2) is 17.4 Å². The third-order valence-corrected chi connectivity index (χ3v) is 9.86. The van der Waals surface area contributed by atoms with E-state index < -0.39 is 0 Å². The summed E-state index contributed by atoms with van der Waals surface area (Å²) in [6, 6.07) is 8.01. The fourth-order valence-electron chi connectivity index (χ4n) is 8.28. The molecule has 0 saturated heterocycles. The molecule has 28 heavy (non-hydrogen) atoms. The quantitative estimate of drug-likeness (QED) is 0.576. The van der Waals surface area contributed by atoms with Crippen LogP contribution in [0.4, 0.5) is 0 Å². The van der Waals surface area contributed by atoms with Crippen LogP contribution in [0.25, 0.3) is 0 Å². The van der Waals surface area contributed by atoms with E-state index in [1.165, 1.54) is 64.2 Å². The van der Waals surface area contributed by atoms with E-state index in [1.54, 1.807) is 6.07 Å². The predicted molar refractivity (Wildman–Crippen MR) is 116 cm³/mol. The highest BCUT2D eigenvalue weighted by Gasteiger charge is 2.59. The average Bonchev–Trinajstić information content (AvgIpc) is 3.03. The number of para-hydroxylation sites is 1. The first kappa shape index (κ1) is 18.7. The maximum Gasteiger partial charge on any atom is 0.124 e. The molecule has 1 aromatic carbocycles. The number of phenols is 1. The molecule has 1 aromatic rings. The third-order valence-electron chi connectivity index (χ3n) is 9.86. The Morgan fingerprint density at radius 2 is 1.71 bits per heavy atom. The van der Waals surface area contributed by atoms with Gasteiger partial charge in [0.2, 0.25) is 0 Å². The van der Waals surface area contributed by atoms with E-state index >= 15 is 0 Å². The second-order valence-corrected chi connectivity index (χ2v) is 10.9. The van der Waals surface area contributed by atoms with Crippen molar-refractivity contribution in [3.8, 4) is 5.75 Å². The maximum atomic E-state index is 10.1. The molecule has 4 aliphatic rings. The SMILES string of the molecule is C[C@]12CCCC[C@H]1CC[C@H]1[C@@H]2CC[C@@]2(C)[C@H](N=Cc3ccccc3O)CC[C@@H]12. The minimum Gasteiger partial charge on any atom is -0.507 e. The Morgan fingerprint density at radius 3 is 2.57 bits per heavy atom. The van der Waals surface area contributed by atoms with Crippen LogP contribution < -0.4 is 0 Å². The Bertz CT molecular complexity index is 757. The second-order valence-electron chi connectivity index (χ2n) is 10.9. The van der Waals surface area contributed by atoms with Gasteiger partial charge in [0.05, 0.1) is 6.04 Å². The molecule has 0 bridgehead atoms. The van der Waals surface area contributed by atoms with Crippen LogP contribution in [0.5, 0.6) is 5.75 Å². The summed E-state index contributed by atoms with van der Waals surface area (Å²) in [5.41, 5.74) is 1.85. The summed E-state index contributed by atoms with van der Waals surface area (Å²) < 4.78 is 0. The minimum atomic E-state index is 0.346. The lowest BCUT2D eigenvalue weighted by Gasteiger charge is -2.60. The van der Waals surface area contributed by atoms with E-state index in [2.05, 4.69) is 13.8 Å². The number of aliphatic imine (C=N–C) groups is 1. The third kappa shape index (κ3) is 2.77. The molecule has 0 amide bonds. The number of aromatic hydroxyl groups is 1. The summed E-state index contributed by atoms with van der Waals surface area (Å²) in [5, 5.41) is 10.1. The number of nitrogens with zero attached hydrogens (tertiary/aromatic N) is 1. The molecule has 0 heterocycles. The summed E-state index contributed by atoms with van der Waals surface area (Å²) in [5.74, 6) is 4.10. The largest absolute Gasteiger partial charge is 0.507 e. The Hall–Kier alpha value is -1.31. The van der Waals surface area contributed by atoms with Crippen LogP contribution in [0.3, 0.4) is 0 Å². The van der Waals surface area contributed by atoms with Gasteiger partial charge >= 0.3 is 0 Å². The van der Waals surface area contributed by atoms with Crippen molar-refractivity contribution in [1.29, 1.82) is 0 Å². The van der Waals surface area contributed by atoms with E-state index in [1.807, 2.05) is 24.4 Å². The zero-order valence-corrected chi connectivity index (χ0v) is 17.7. The number of benzene rings is 1. The Labute approximate surface area is 170 Å². The van der Waals surface area contributed by atoms with E-state index in [4.69, 9.17) is 4.99 Å². The second kappa shape index (κ2) is 6.89. The fraction of sp³-hybridized carbons (Fsp3) is 0.731. The zero-order chi connectivity index (χ0) is 19.4. The first-order chi connectivity index (χ1) is 13.5. The summed E-state index contributed by atoms with van der Waals surface area (Å²) in [4.78, 5) is 5.06. The van der Waals surface area contributed by atoms with Crippen molar-refractivity contribution in [3.05, 3.63) is 29.8 Å². The summed E-state index contributed by atoms with van der Waals surface area (Å²) in [7, 11) is 0. The molecule has 0 radical (unpaired) electrons. The van der Waals surface area contributed by atoms with Gasteiger partial charge < -0.3 is 5.11 Å². The van der Waals surface area contributed by atoms with Crippen molar-refractivity contribution in [2.24, 2.45) is 39.5 Å². The van der Waals surface area contributed by atoms with E-state index in [9.17, 15) is 5.11 Å². The van der Waals surface area contributed by atoms with Crippen LogP contribution in [0.2, 0.25) is 0 Å². The van der Waals surface area contributed by atoms with Gasteiger partial charge in [0.25, 0.3) is 0 Å². The molecule has 4 saturated carbocycles. The van der Waals surface area contributed by atoms with Crippen molar-refractivity contribution >= 4 is 6.21 Å². The van der Waals surface area contributed by atoms with Crippen molar-refractivity contribution in [2.45, 2.75) is 84.1 Å². The summed E-state index contributed by atoms with van der Waals surface area (Å²) >= 11 is 0. The summed E-state index contributed by atoms with van der Waals surface area (Å²) in [6.07, 6.45) is 16.2. The lowest BCUT2D eigenvalue weighted by Crippen LogP contribution is -2.53. The van der Waals surface area contributed by atoms with Crippen LogP contribution >= 0.6 is 0 Å². The zero-order valence-electron chi connectivity index (χ0n) is 17.7. The summed E-state index contributed by atoms with van der Waals surface area (Å²) in [6.45, 7) is 5.21. The molecule has 4 aliphatic carbocycles. The highest BCUT2D eigenvalue weighted by molar-refractivity contribution is 5.83. The van der Waals surface area contributed by atoms with Gasteiger partial charge in [0.1, 0.15) is 5.75 Å². The number of rotatable bonds is 2. The van der Waals surface area contributed by atoms with Crippen LogP contribution in [0.15, 0.2) is 29.3 Å². The molecule has 2 heteroatoms. The molecule has 0 aliphatic heterocycles. The van der Waals surface area contributed by atoms with Gasteiger partial charge in [0, 0.05) is 11.8 Å². The molecule has 2 nitrogen and oxygen atoms in total. The maximum absolute atomic E-state index is 10.1. The van der Waals surface area contributed by atoms with Crippen molar-refractivity contribution < 1.29 is 5.11 Å². The Kier molecular flexibility index (Phi) is 4.60.